The van der Waals surface area contributed by atoms with Crippen LogP contribution in [0.25, 0.3) is 0 Å². The van der Waals surface area contributed by atoms with Crippen molar-refractivity contribution >= 4 is 5.97 Å². The van der Waals surface area contributed by atoms with Gasteiger partial charge in [0.2, 0.25) is 0 Å². The van der Waals surface area contributed by atoms with Crippen molar-refractivity contribution in [1.29, 1.82) is 0 Å². The molecule has 0 aromatic rings. The Morgan fingerprint density at radius 1 is 0.879 bits per heavy atom. The Bertz CT molecular complexity index is 508. The first kappa shape index (κ1) is 30.5. The zero-order valence-electron chi connectivity index (χ0n) is 23.3. The molecule has 1 aliphatic heterocycles. The number of aliphatic carboxylic acids is 1. The van der Waals surface area contributed by atoms with E-state index in [2.05, 4.69) is 46.4 Å². The Hall–Kier alpha value is -0.570. The zero-order chi connectivity index (χ0) is 24.7. The standard InChI is InChI=1S/C30H59NO2/c1-7-10-11-12-13-14-15-16-17-18-21-27(22-19-20-23-29(32)33)28-24-25(4)31(9-3)30(6,8-2)26(28)5/h25-28H,7-24H2,1-6H3,(H,32,33). The molecule has 0 aromatic heterocycles. The smallest absolute Gasteiger partial charge is 0.303 e. The van der Waals surface area contributed by atoms with Crippen molar-refractivity contribution in [3.05, 3.63) is 0 Å². The van der Waals surface area contributed by atoms with Gasteiger partial charge in [-0.25, -0.2) is 0 Å². The molecule has 1 aliphatic rings. The summed E-state index contributed by atoms with van der Waals surface area (Å²) in [7, 11) is 0. The molecule has 0 aliphatic carbocycles. The Labute approximate surface area is 207 Å². The molecular formula is C30H59NO2. The van der Waals surface area contributed by atoms with E-state index in [1.54, 1.807) is 0 Å². The molecule has 1 N–H and O–H groups in total. The van der Waals surface area contributed by atoms with Crippen LogP contribution in [-0.4, -0.2) is 34.1 Å². The highest BCUT2D eigenvalue weighted by atomic mass is 16.4. The third kappa shape index (κ3) is 10.3. The number of nitrogens with zero attached hydrogens (tertiary/aromatic N) is 1. The number of rotatable bonds is 19. The summed E-state index contributed by atoms with van der Waals surface area (Å²) < 4.78 is 0. The third-order valence-electron chi connectivity index (χ3n) is 9.23. The normalized spacial score (nSPS) is 27.0. The van der Waals surface area contributed by atoms with E-state index in [9.17, 15) is 4.79 Å². The van der Waals surface area contributed by atoms with Gasteiger partial charge in [-0.3, -0.25) is 9.69 Å². The summed E-state index contributed by atoms with van der Waals surface area (Å²) in [6.45, 7) is 15.6. The van der Waals surface area contributed by atoms with E-state index >= 15 is 0 Å². The summed E-state index contributed by atoms with van der Waals surface area (Å²) in [6, 6.07) is 0.648. The predicted molar refractivity (Wildman–Crippen MR) is 144 cm³/mol. The van der Waals surface area contributed by atoms with E-state index in [1.807, 2.05) is 0 Å². The maximum Gasteiger partial charge on any atom is 0.303 e. The number of carboxylic acids is 1. The molecule has 0 bridgehead atoms. The molecule has 3 nitrogen and oxygen atoms in total. The minimum Gasteiger partial charge on any atom is -0.481 e. The Morgan fingerprint density at radius 2 is 1.39 bits per heavy atom. The molecule has 1 rings (SSSR count). The van der Waals surface area contributed by atoms with E-state index in [0.717, 1.165) is 31.2 Å². The number of carboxylic acid groups (broad SMARTS) is 1. The molecule has 33 heavy (non-hydrogen) atoms. The van der Waals surface area contributed by atoms with Crippen LogP contribution < -0.4 is 0 Å². The lowest BCUT2D eigenvalue weighted by Crippen LogP contribution is -2.61. The fourth-order valence-corrected chi connectivity index (χ4v) is 6.90. The minimum atomic E-state index is -0.641. The van der Waals surface area contributed by atoms with Crippen LogP contribution in [0.1, 0.15) is 151 Å². The number of hydrogen-bond acceptors (Lipinski definition) is 2. The first-order valence-electron chi connectivity index (χ1n) is 14.8. The molecule has 1 fully saturated rings. The summed E-state index contributed by atoms with van der Waals surface area (Å²) >= 11 is 0. The van der Waals surface area contributed by atoms with Crippen LogP contribution in [0.5, 0.6) is 0 Å². The quantitative estimate of drug-likeness (QED) is 0.193. The Morgan fingerprint density at radius 3 is 1.88 bits per heavy atom. The molecule has 3 heteroatoms. The largest absolute Gasteiger partial charge is 0.481 e. The van der Waals surface area contributed by atoms with E-state index in [0.29, 0.717) is 18.4 Å². The topological polar surface area (TPSA) is 40.5 Å². The van der Waals surface area contributed by atoms with Crippen LogP contribution in [0.2, 0.25) is 0 Å². The third-order valence-corrected chi connectivity index (χ3v) is 9.23. The van der Waals surface area contributed by atoms with Gasteiger partial charge >= 0.3 is 5.97 Å². The second kappa shape index (κ2) is 17.0. The molecule has 0 spiro atoms. The molecule has 0 saturated carbocycles. The predicted octanol–water partition coefficient (Wildman–Crippen LogP) is 9.09. The lowest BCUT2D eigenvalue weighted by molar-refractivity contribution is -0.137. The molecule has 0 radical (unpaired) electrons. The van der Waals surface area contributed by atoms with Crippen LogP contribution in [0, 0.1) is 17.8 Å². The van der Waals surface area contributed by atoms with Crippen LogP contribution in [0.4, 0.5) is 0 Å². The summed E-state index contributed by atoms with van der Waals surface area (Å²) in [6.07, 6.45) is 21.3. The fraction of sp³-hybridized carbons (Fsp3) is 0.967. The molecule has 0 amide bonds. The highest BCUT2D eigenvalue weighted by molar-refractivity contribution is 5.66. The number of unbranched alkanes of at least 4 members (excludes halogenated alkanes) is 10. The maximum absolute atomic E-state index is 11.0. The first-order valence-corrected chi connectivity index (χ1v) is 14.8. The molecule has 1 heterocycles. The van der Waals surface area contributed by atoms with E-state index in [4.69, 9.17) is 5.11 Å². The van der Waals surface area contributed by atoms with Crippen molar-refractivity contribution in [2.24, 2.45) is 17.8 Å². The summed E-state index contributed by atoms with van der Waals surface area (Å²) in [5.41, 5.74) is 0.286. The summed E-state index contributed by atoms with van der Waals surface area (Å²) in [4.78, 5) is 13.8. The molecule has 5 atom stereocenters. The van der Waals surface area contributed by atoms with Gasteiger partial charge in [0.25, 0.3) is 0 Å². The summed E-state index contributed by atoms with van der Waals surface area (Å²) in [5.74, 6) is 1.59. The van der Waals surface area contributed by atoms with Crippen LogP contribution in [0.3, 0.4) is 0 Å². The SMILES string of the molecule is CCCCCCCCCCCCC(CCCCC(=O)O)C1CC(C)N(CC)C(C)(CC)C1C. The van der Waals surface area contributed by atoms with Gasteiger partial charge < -0.3 is 5.11 Å². The monoisotopic (exact) mass is 465 g/mol. The van der Waals surface area contributed by atoms with Crippen molar-refractivity contribution in [1.82, 2.24) is 4.90 Å². The molecule has 5 unspecified atom stereocenters. The van der Waals surface area contributed by atoms with Crippen LogP contribution in [-0.2, 0) is 4.79 Å². The maximum atomic E-state index is 11.0. The highest BCUT2D eigenvalue weighted by Gasteiger charge is 2.47. The van der Waals surface area contributed by atoms with Crippen molar-refractivity contribution in [2.45, 2.75) is 162 Å². The van der Waals surface area contributed by atoms with Crippen molar-refractivity contribution in [3.8, 4) is 0 Å². The van der Waals surface area contributed by atoms with Gasteiger partial charge in [0, 0.05) is 18.0 Å². The first-order chi connectivity index (χ1) is 15.8. The summed E-state index contributed by atoms with van der Waals surface area (Å²) in [5, 5.41) is 9.06. The van der Waals surface area contributed by atoms with Gasteiger partial charge in [-0.05, 0) is 57.4 Å². The van der Waals surface area contributed by atoms with Gasteiger partial charge in [-0.15, -0.1) is 0 Å². The van der Waals surface area contributed by atoms with Crippen LogP contribution in [0.15, 0.2) is 0 Å². The van der Waals surface area contributed by atoms with Crippen molar-refractivity contribution in [2.75, 3.05) is 6.54 Å². The average molecular weight is 466 g/mol. The number of hydrogen-bond donors (Lipinski definition) is 1. The molecule has 1 saturated heterocycles. The van der Waals surface area contributed by atoms with E-state index in [-0.39, 0.29) is 5.54 Å². The van der Waals surface area contributed by atoms with Gasteiger partial charge in [0.1, 0.15) is 0 Å². The second-order valence-electron chi connectivity index (χ2n) is 11.4. The molecular weight excluding hydrogens is 406 g/mol. The van der Waals surface area contributed by atoms with Gasteiger partial charge in [0.15, 0.2) is 0 Å². The lowest BCUT2D eigenvalue weighted by Gasteiger charge is -2.57. The van der Waals surface area contributed by atoms with E-state index < -0.39 is 5.97 Å². The van der Waals surface area contributed by atoms with Crippen LogP contribution >= 0.6 is 0 Å². The number of likely N-dealkylation sites (tertiary alicyclic amines) is 1. The van der Waals surface area contributed by atoms with Gasteiger partial charge in [0.05, 0.1) is 0 Å². The van der Waals surface area contributed by atoms with Crippen molar-refractivity contribution in [3.63, 3.8) is 0 Å². The zero-order valence-corrected chi connectivity index (χ0v) is 23.3. The second-order valence-corrected chi connectivity index (χ2v) is 11.4. The Kier molecular flexibility index (Phi) is 15.7. The van der Waals surface area contributed by atoms with E-state index in [1.165, 1.54) is 89.9 Å². The van der Waals surface area contributed by atoms with Crippen molar-refractivity contribution < 1.29 is 9.90 Å². The molecule has 196 valence electrons. The fourth-order valence-electron chi connectivity index (χ4n) is 6.90. The Balaban J connectivity index is 2.60. The minimum absolute atomic E-state index is 0.286. The van der Waals surface area contributed by atoms with Gasteiger partial charge in [-0.2, -0.15) is 0 Å². The van der Waals surface area contributed by atoms with Gasteiger partial charge in [-0.1, -0.05) is 111 Å². The molecule has 0 aromatic carbocycles. The highest BCUT2D eigenvalue weighted by Crippen LogP contribution is 2.47. The average Bonchev–Trinajstić information content (AvgIpc) is 2.79. The number of piperidine rings is 1. The number of carbonyl (C=O) groups is 1. The lowest BCUT2D eigenvalue weighted by atomic mass is 9.63.